The van der Waals surface area contributed by atoms with Crippen LogP contribution in [0.4, 0.5) is 0 Å². The van der Waals surface area contributed by atoms with Gasteiger partial charge in [0.05, 0.1) is 23.4 Å². The van der Waals surface area contributed by atoms with Gasteiger partial charge in [-0.05, 0) is 38.5 Å². The van der Waals surface area contributed by atoms with Gasteiger partial charge in [-0.1, -0.05) is 41.0 Å². The number of ether oxygens (including phenoxy) is 1. The van der Waals surface area contributed by atoms with E-state index < -0.39 is 12.0 Å². The van der Waals surface area contributed by atoms with Gasteiger partial charge in [-0.15, -0.1) is 0 Å². The summed E-state index contributed by atoms with van der Waals surface area (Å²) in [5.41, 5.74) is 1.47. The number of aliphatic imine (C=N–C) groups is 1. The van der Waals surface area contributed by atoms with E-state index in [0.717, 1.165) is 0 Å². The quantitative estimate of drug-likeness (QED) is 0.680. The molecule has 1 fully saturated rings. The average molecular weight is 413 g/mol. The summed E-state index contributed by atoms with van der Waals surface area (Å²) in [5, 5.41) is 1.44. The van der Waals surface area contributed by atoms with Gasteiger partial charge in [0.1, 0.15) is 0 Å². The first-order valence-electron chi connectivity index (χ1n) is 8.20. The summed E-state index contributed by atoms with van der Waals surface area (Å²) >= 11 is 13.9. The van der Waals surface area contributed by atoms with Crippen LogP contribution in [0.1, 0.15) is 38.8 Å². The second-order valence-corrected chi connectivity index (χ2v) is 8.18. The maximum absolute atomic E-state index is 12.8. The van der Waals surface area contributed by atoms with Crippen LogP contribution in [-0.2, 0) is 14.3 Å². The summed E-state index contributed by atoms with van der Waals surface area (Å²) in [6.45, 7) is 5.30. The zero-order valence-electron chi connectivity index (χ0n) is 14.6. The lowest BCUT2D eigenvalue weighted by atomic mass is 9.94. The smallest absolute Gasteiger partial charge is 0.338 e. The summed E-state index contributed by atoms with van der Waals surface area (Å²) in [7, 11) is 0. The number of fused-ring (bicyclic) bond motifs is 1. The Morgan fingerprint density at radius 3 is 2.77 bits per heavy atom. The van der Waals surface area contributed by atoms with Crippen LogP contribution in [0.2, 0.25) is 10.0 Å². The van der Waals surface area contributed by atoms with E-state index >= 15 is 0 Å². The molecule has 1 aromatic carbocycles. The Kier molecular flexibility index (Phi) is 5.65. The molecule has 0 bridgehead atoms. The van der Waals surface area contributed by atoms with Crippen molar-refractivity contribution in [2.24, 2.45) is 4.99 Å². The molecule has 1 aromatic rings. The fourth-order valence-corrected chi connectivity index (χ4v) is 4.47. The zero-order valence-corrected chi connectivity index (χ0v) is 16.9. The van der Waals surface area contributed by atoms with Gasteiger partial charge >= 0.3 is 5.97 Å². The molecule has 0 N–H and O–H groups in total. The molecule has 5 nitrogen and oxygen atoms in total. The highest BCUT2D eigenvalue weighted by Gasteiger charge is 2.42. The van der Waals surface area contributed by atoms with Crippen LogP contribution in [0, 0.1) is 0 Å². The lowest BCUT2D eigenvalue weighted by Crippen LogP contribution is -2.46. The van der Waals surface area contributed by atoms with Crippen molar-refractivity contribution < 1.29 is 14.3 Å². The molecule has 2 heterocycles. The minimum atomic E-state index is -0.682. The topological polar surface area (TPSA) is 59.0 Å². The second-order valence-electron chi connectivity index (χ2n) is 6.28. The number of hydrogen-bond acceptors (Lipinski definition) is 5. The predicted molar refractivity (Wildman–Crippen MR) is 104 cm³/mol. The van der Waals surface area contributed by atoms with Gasteiger partial charge < -0.3 is 4.74 Å². The highest BCUT2D eigenvalue weighted by molar-refractivity contribution is 8.14. The lowest BCUT2D eigenvalue weighted by molar-refractivity contribution is -0.143. The predicted octanol–water partition coefficient (Wildman–Crippen LogP) is 4.60. The van der Waals surface area contributed by atoms with E-state index in [-0.39, 0.29) is 12.0 Å². The van der Waals surface area contributed by atoms with Crippen LogP contribution >= 0.6 is 35.0 Å². The third-order valence-corrected chi connectivity index (χ3v) is 5.54. The van der Waals surface area contributed by atoms with Crippen LogP contribution in [0.25, 0.3) is 0 Å². The van der Waals surface area contributed by atoms with Gasteiger partial charge in [0, 0.05) is 22.2 Å². The number of nitrogens with zero attached hydrogens (tertiary/aromatic N) is 2. The standard InChI is InChI=1S/C18H18Cl2N2O3S/c1-9(2)25-17(24)15-10(3)21-18-22(14(23)6-7-26-18)16(15)12-5-4-11(19)8-13(12)20/h4-5,8-9,16H,6-7H2,1-3H3/t16-/m1/s1. The van der Waals surface area contributed by atoms with Crippen molar-refractivity contribution in [2.75, 3.05) is 5.75 Å². The molecule has 3 rings (SSSR count). The normalized spacial score (nSPS) is 20.2. The number of halogens is 2. The van der Waals surface area contributed by atoms with E-state index in [0.29, 0.717) is 44.2 Å². The third-order valence-electron chi connectivity index (χ3n) is 4.03. The molecule has 138 valence electrons. The molecule has 8 heteroatoms. The highest BCUT2D eigenvalue weighted by Crippen LogP contribution is 2.43. The Hall–Kier alpha value is -1.50. The molecular weight excluding hydrogens is 395 g/mol. The monoisotopic (exact) mass is 412 g/mol. The van der Waals surface area contributed by atoms with Crippen molar-refractivity contribution in [3.63, 3.8) is 0 Å². The largest absolute Gasteiger partial charge is 0.459 e. The fourth-order valence-electron chi connectivity index (χ4n) is 2.95. The first kappa shape index (κ1) is 19.3. The van der Waals surface area contributed by atoms with E-state index in [2.05, 4.69) is 4.99 Å². The first-order chi connectivity index (χ1) is 12.3. The Bertz CT molecular complexity index is 836. The summed E-state index contributed by atoms with van der Waals surface area (Å²) in [6.07, 6.45) is 0.0812. The van der Waals surface area contributed by atoms with Crippen molar-refractivity contribution in [3.05, 3.63) is 45.1 Å². The van der Waals surface area contributed by atoms with E-state index in [1.54, 1.807) is 43.9 Å². The molecule has 2 aliphatic rings. The van der Waals surface area contributed by atoms with E-state index in [1.807, 2.05) is 0 Å². The molecule has 0 radical (unpaired) electrons. The number of hydrogen-bond donors (Lipinski definition) is 0. The van der Waals surface area contributed by atoms with Crippen LogP contribution in [0.3, 0.4) is 0 Å². The maximum atomic E-state index is 12.8. The molecule has 0 spiro atoms. The SMILES string of the molecule is CC1=C(C(=O)OC(C)C)[C@@H](c2ccc(Cl)cc2Cl)N2C(=O)CCSC2=N1. The van der Waals surface area contributed by atoms with Gasteiger partial charge in [-0.2, -0.15) is 0 Å². The number of rotatable bonds is 3. The van der Waals surface area contributed by atoms with Crippen LogP contribution < -0.4 is 0 Å². The van der Waals surface area contributed by atoms with Gasteiger partial charge in [0.2, 0.25) is 5.91 Å². The summed E-state index contributed by atoms with van der Waals surface area (Å²) < 4.78 is 5.41. The van der Waals surface area contributed by atoms with Gasteiger partial charge in [0.15, 0.2) is 5.17 Å². The van der Waals surface area contributed by atoms with Crippen molar-refractivity contribution in [2.45, 2.75) is 39.3 Å². The molecule has 1 amide bonds. The maximum Gasteiger partial charge on any atom is 0.338 e. The van der Waals surface area contributed by atoms with Gasteiger partial charge in [-0.25, -0.2) is 9.79 Å². The van der Waals surface area contributed by atoms with Crippen molar-refractivity contribution in [3.8, 4) is 0 Å². The van der Waals surface area contributed by atoms with Crippen LogP contribution in [0.5, 0.6) is 0 Å². The number of allylic oxidation sites excluding steroid dienone is 1. The zero-order chi connectivity index (χ0) is 19.0. The van der Waals surface area contributed by atoms with E-state index in [4.69, 9.17) is 27.9 Å². The summed E-state index contributed by atoms with van der Waals surface area (Å²) in [6, 6.07) is 4.35. The Morgan fingerprint density at radius 2 is 2.12 bits per heavy atom. The molecule has 0 unspecified atom stereocenters. The minimum Gasteiger partial charge on any atom is -0.459 e. The van der Waals surface area contributed by atoms with Crippen molar-refractivity contribution in [1.82, 2.24) is 4.90 Å². The third kappa shape index (κ3) is 3.63. The van der Waals surface area contributed by atoms with Crippen LogP contribution in [0.15, 0.2) is 34.5 Å². The molecule has 0 aliphatic carbocycles. The number of thioether (sulfide) groups is 1. The molecule has 1 atom stereocenters. The molecule has 1 saturated heterocycles. The van der Waals surface area contributed by atoms with E-state index in [9.17, 15) is 9.59 Å². The number of amides is 1. The number of benzene rings is 1. The van der Waals surface area contributed by atoms with E-state index in [1.165, 1.54) is 11.8 Å². The van der Waals surface area contributed by atoms with Gasteiger partial charge in [-0.3, -0.25) is 9.69 Å². The van der Waals surface area contributed by atoms with Crippen molar-refractivity contribution in [1.29, 1.82) is 0 Å². The second kappa shape index (κ2) is 7.62. The number of carbonyl (C=O) groups is 2. The molecule has 26 heavy (non-hydrogen) atoms. The Balaban J connectivity index is 2.18. The Morgan fingerprint density at radius 1 is 1.38 bits per heavy atom. The average Bonchev–Trinajstić information content (AvgIpc) is 2.53. The number of carbonyl (C=O) groups excluding carboxylic acids is 2. The Labute approximate surface area is 166 Å². The molecular formula is C18H18Cl2N2O3S. The fraction of sp³-hybridized carbons (Fsp3) is 0.389. The highest BCUT2D eigenvalue weighted by atomic mass is 35.5. The summed E-state index contributed by atoms with van der Waals surface area (Å²) in [5.74, 6) is 0.0643. The number of esters is 1. The molecule has 0 saturated carbocycles. The number of amidine groups is 1. The summed E-state index contributed by atoms with van der Waals surface area (Å²) in [4.78, 5) is 31.5. The minimum absolute atomic E-state index is 0.0964. The molecule has 2 aliphatic heterocycles. The first-order valence-corrected chi connectivity index (χ1v) is 9.94. The lowest BCUT2D eigenvalue weighted by Gasteiger charge is -2.39. The van der Waals surface area contributed by atoms with Gasteiger partial charge in [0.25, 0.3) is 0 Å². The molecule has 0 aromatic heterocycles. The van der Waals surface area contributed by atoms with Crippen molar-refractivity contribution >= 4 is 52.0 Å². The van der Waals surface area contributed by atoms with Crippen LogP contribution in [-0.4, -0.2) is 33.8 Å².